The molecule has 1 aliphatic carbocycles. The number of fused-ring (bicyclic) bond motifs is 3. The van der Waals surface area contributed by atoms with Crippen molar-refractivity contribution in [2.75, 3.05) is 0 Å². The predicted molar refractivity (Wildman–Crippen MR) is 112 cm³/mol. The lowest BCUT2D eigenvalue weighted by Crippen LogP contribution is -2.46. The Kier molecular flexibility index (Phi) is 5.23. The van der Waals surface area contributed by atoms with Gasteiger partial charge in [-0.2, -0.15) is 5.10 Å². The van der Waals surface area contributed by atoms with E-state index in [1.54, 1.807) is 6.07 Å². The minimum Gasteiger partial charge on any atom is -0.460 e. The van der Waals surface area contributed by atoms with Crippen LogP contribution in [0.1, 0.15) is 70.5 Å². The SMILES string of the molecule is CCc1nn([C@H](CC)C(=O)N[C@H]2CCCC[C@@H]2C)c(=O)c2cc3oc(C)cc3n12. The van der Waals surface area contributed by atoms with E-state index in [9.17, 15) is 9.59 Å². The second-order valence-corrected chi connectivity index (χ2v) is 8.29. The van der Waals surface area contributed by atoms with Gasteiger partial charge in [0, 0.05) is 24.6 Å². The van der Waals surface area contributed by atoms with E-state index in [4.69, 9.17) is 4.42 Å². The molecular formula is C22H30N4O3. The number of nitrogens with one attached hydrogen (secondary N) is 1. The van der Waals surface area contributed by atoms with Crippen LogP contribution >= 0.6 is 0 Å². The van der Waals surface area contributed by atoms with Gasteiger partial charge < -0.3 is 9.73 Å². The molecule has 1 aliphatic rings. The largest absolute Gasteiger partial charge is 0.460 e. The summed E-state index contributed by atoms with van der Waals surface area (Å²) >= 11 is 0. The van der Waals surface area contributed by atoms with Crippen molar-refractivity contribution in [3.05, 3.63) is 34.1 Å². The lowest BCUT2D eigenvalue weighted by molar-refractivity contribution is -0.126. The van der Waals surface area contributed by atoms with Crippen LogP contribution in [0.15, 0.2) is 21.3 Å². The fourth-order valence-corrected chi connectivity index (χ4v) is 4.60. The van der Waals surface area contributed by atoms with Crippen LogP contribution < -0.4 is 10.9 Å². The van der Waals surface area contributed by atoms with Crippen LogP contribution in [0, 0.1) is 12.8 Å². The summed E-state index contributed by atoms with van der Waals surface area (Å²) in [6, 6.07) is 3.24. The van der Waals surface area contributed by atoms with Gasteiger partial charge in [-0.3, -0.25) is 14.0 Å². The molecular weight excluding hydrogens is 368 g/mol. The first kappa shape index (κ1) is 19.7. The molecule has 7 nitrogen and oxygen atoms in total. The van der Waals surface area contributed by atoms with Crippen LogP contribution in [0.3, 0.4) is 0 Å². The number of rotatable bonds is 5. The lowest BCUT2D eigenvalue weighted by atomic mass is 9.86. The summed E-state index contributed by atoms with van der Waals surface area (Å²) in [4.78, 5) is 26.4. The number of aromatic nitrogens is 3. The number of aryl methyl sites for hydroxylation is 2. The first-order valence-corrected chi connectivity index (χ1v) is 10.8. The maximum absolute atomic E-state index is 13.3. The first-order chi connectivity index (χ1) is 13.9. The molecule has 1 amide bonds. The Morgan fingerprint density at radius 1 is 1.28 bits per heavy atom. The van der Waals surface area contributed by atoms with E-state index in [1.807, 2.05) is 31.2 Å². The third-order valence-electron chi connectivity index (χ3n) is 6.26. The number of amides is 1. The monoisotopic (exact) mass is 398 g/mol. The summed E-state index contributed by atoms with van der Waals surface area (Å²) in [6.45, 7) is 8.00. The van der Waals surface area contributed by atoms with E-state index in [-0.39, 0.29) is 17.5 Å². The summed E-state index contributed by atoms with van der Waals surface area (Å²) in [5.74, 6) is 1.89. The molecule has 3 aromatic heterocycles. The van der Waals surface area contributed by atoms with E-state index >= 15 is 0 Å². The smallest absolute Gasteiger partial charge is 0.291 e. The number of carbonyl (C=O) groups excluding carboxylic acids is 1. The Hall–Kier alpha value is -2.57. The number of hydrogen-bond donors (Lipinski definition) is 1. The van der Waals surface area contributed by atoms with Gasteiger partial charge in [-0.15, -0.1) is 0 Å². The second kappa shape index (κ2) is 7.69. The number of furan rings is 1. The quantitative estimate of drug-likeness (QED) is 0.709. The van der Waals surface area contributed by atoms with E-state index in [2.05, 4.69) is 17.3 Å². The van der Waals surface area contributed by atoms with Gasteiger partial charge in [-0.1, -0.05) is 33.6 Å². The summed E-state index contributed by atoms with van der Waals surface area (Å²) < 4.78 is 8.96. The predicted octanol–water partition coefficient (Wildman–Crippen LogP) is 3.76. The van der Waals surface area contributed by atoms with Crippen LogP contribution in [-0.2, 0) is 11.2 Å². The average molecular weight is 399 g/mol. The molecule has 0 radical (unpaired) electrons. The fourth-order valence-electron chi connectivity index (χ4n) is 4.60. The van der Waals surface area contributed by atoms with Crippen molar-refractivity contribution in [3.63, 3.8) is 0 Å². The molecule has 3 atom stereocenters. The average Bonchev–Trinajstić information content (AvgIpc) is 3.22. The van der Waals surface area contributed by atoms with E-state index < -0.39 is 6.04 Å². The zero-order chi connectivity index (χ0) is 20.7. The molecule has 29 heavy (non-hydrogen) atoms. The van der Waals surface area contributed by atoms with Gasteiger partial charge >= 0.3 is 0 Å². The standard InChI is InChI=1S/C22H30N4O3/c1-5-16(21(27)23-15-10-8-7-9-13(15)3)26-22(28)18-12-19-17(11-14(4)29-19)25(18)20(6-2)24-26/h11-13,15-16H,5-10H2,1-4H3,(H,23,27)/t13-,15-,16+/m0/s1. The molecule has 1 fully saturated rings. The molecule has 0 saturated heterocycles. The zero-order valence-electron chi connectivity index (χ0n) is 17.7. The topological polar surface area (TPSA) is 81.5 Å². The van der Waals surface area contributed by atoms with Crippen molar-refractivity contribution >= 4 is 22.5 Å². The van der Waals surface area contributed by atoms with Crippen molar-refractivity contribution < 1.29 is 9.21 Å². The van der Waals surface area contributed by atoms with Crippen LogP contribution in [0.5, 0.6) is 0 Å². The highest BCUT2D eigenvalue weighted by molar-refractivity contribution is 5.84. The number of nitrogens with zero attached hydrogens (tertiary/aromatic N) is 3. The summed E-state index contributed by atoms with van der Waals surface area (Å²) in [6.07, 6.45) is 5.64. The van der Waals surface area contributed by atoms with Crippen LogP contribution in [0.2, 0.25) is 0 Å². The molecule has 7 heteroatoms. The minimum absolute atomic E-state index is 0.113. The number of hydrogen-bond acceptors (Lipinski definition) is 4. The number of carbonyl (C=O) groups is 1. The third-order valence-corrected chi connectivity index (χ3v) is 6.26. The Balaban J connectivity index is 1.75. The van der Waals surface area contributed by atoms with Gasteiger partial charge in [0.05, 0.1) is 5.52 Å². The summed E-state index contributed by atoms with van der Waals surface area (Å²) in [5.41, 5.74) is 1.76. The Labute approximate surface area is 170 Å². The van der Waals surface area contributed by atoms with E-state index in [0.29, 0.717) is 29.9 Å². The lowest BCUT2D eigenvalue weighted by Gasteiger charge is -2.31. The molecule has 0 aliphatic heterocycles. The molecule has 0 aromatic carbocycles. The van der Waals surface area contributed by atoms with E-state index in [1.165, 1.54) is 11.1 Å². The molecule has 3 aromatic rings. The third kappa shape index (κ3) is 3.36. The first-order valence-electron chi connectivity index (χ1n) is 10.8. The van der Waals surface area contributed by atoms with Gasteiger partial charge in [-0.25, -0.2) is 4.68 Å². The van der Waals surface area contributed by atoms with Gasteiger partial charge in [0.2, 0.25) is 5.91 Å². The summed E-state index contributed by atoms with van der Waals surface area (Å²) in [7, 11) is 0. The van der Waals surface area contributed by atoms with Crippen molar-refractivity contribution in [2.45, 2.75) is 78.3 Å². The minimum atomic E-state index is -0.616. The highest BCUT2D eigenvalue weighted by Crippen LogP contribution is 2.26. The molecule has 1 saturated carbocycles. The van der Waals surface area contributed by atoms with Gasteiger partial charge in [0.15, 0.2) is 5.58 Å². The normalized spacial score (nSPS) is 21.0. The summed E-state index contributed by atoms with van der Waals surface area (Å²) in [5, 5.41) is 7.82. The highest BCUT2D eigenvalue weighted by Gasteiger charge is 2.29. The van der Waals surface area contributed by atoms with Crippen LogP contribution in [0.4, 0.5) is 0 Å². The Bertz CT molecular complexity index is 1110. The van der Waals surface area contributed by atoms with Crippen molar-refractivity contribution in [1.29, 1.82) is 0 Å². The molecule has 1 N–H and O–H groups in total. The van der Waals surface area contributed by atoms with Gasteiger partial charge in [0.25, 0.3) is 5.56 Å². The molecule has 4 rings (SSSR count). The molecule has 0 spiro atoms. The van der Waals surface area contributed by atoms with Crippen molar-refractivity contribution in [3.8, 4) is 0 Å². The maximum Gasteiger partial charge on any atom is 0.291 e. The van der Waals surface area contributed by atoms with Gasteiger partial charge in [-0.05, 0) is 32.1 Å². The van der Waals surface area contributed by atoms with E-state index in [0.717, 1.165) is 36.4 Å². The van der Waals surface area contributed by atoms with Crippen molar-refractivity contribution in [1.82, 2.24) is 19.5 Å². The Morgan fingerprint density at radius 3 is 2.72 bits per heavy atom. The van der Waals surface area contributed by atoms with Gasteiger partial charge in [0.1, 0.15) is 23.1 Å². The molecule has 0 bridgehead atoms. The van der Waals surface area contributed by atoms with Crippen LogP contribution in [-0.4, -0.2) is 26.1 Å². The fraction of sp³-hybridized carbons (Fsp3) is 0.591. The highest BCUT2D eigenvalue weighted by atomic mass is 16.3. The molecule has 3 heterocycles. The molecule has 0 unspecified atom stereocenters. The molecule has 156 valence electrons. The second-order valence-electron chi connectivity index (χ2n) is 8.29. The zero-order valence-corrected chi connectivity index (χ0v) is 17.7. The maximum atomic E-state index is 13.3. The van der Waals surface area contributed by atoms with Crippen LogP contribution in [0.25, 0.3) is 16.6 Å². The Morgan fingerprint density at radius 2 is 2.03 bits per heavy atom. The van der Waals surface area contributed by atoms with Crippen molar-refractivity contribution in [2.24, 2.45) is 5.92 Å².